The summed E-state index contributed by atoms with van der Waals surface area (Å²) in [5, 5.41) is 0. The summed E-state index contributed by atoms with van der Waals surface area (Å²) in [6, 6.07) is 0. The van der Waals surface area contributed by atoms with Gasteiger partial charge in [-0.05, 0) is 12.8 Å². The van der Waals surface area contributed by atoms with Gasteiger partial charge in [0.15, 0.2) is 0 Å². The summed E-state index contributed by atoms with van der Waals surface area (Å²) < 4.78 is 0. The zero-order valence-electron chi connectivity index (χ0n) is 31.8. The van der Waals surface area contributed by atoms with Gasteiger partial charge in [-0.1, -0.05) is 232 Å². The van der Waals surface area contributed by atoms with E-state index < -0.39 is 0 Å². The van der Waals surface area contributed by atoms with Gasteiger partial charge in [0, 0.05) is 12.8 Å². The fourth-order valence-corrected chi connectivity index (χ4v) is 6.40. The lowest BCUT2D eigenvalue weighted by Crippen LogP contribution is -2.09. The summed E-state index contributed by atoms with van der Waals surface area (Å²) in [5.74, 6) is -0.303. The number of amides is 2. The monoisotopic (exact) mass is 651 g/mol. The van der Waals surface area contributed by atoms with E-state index in [4.69, 9.17) is 11.5 Å². The van der Waals surface area contributed by atoms with Gasteiger partial charge >= 0.3 is 0 Å². The number of hydrogen-bond acceptors (Lipinski definition) is 2. The Kier molecular flexibility index (Phi) is 45.0. The highest BCUT2D eigenvalue weighted by atomic mass is 16.1. The largest absolute Gasteiger partial charge is 0.370 e. The zero-order chi connectivity index (χ0) is 34.0. The molecule has 0 rings (SSSR count). The maximum Gasteiger partial charge on any atom is 0.217 e. The molecule has 0 spiro atoms. The molecule has 2 amide bonds. The van der Waals surface area contributed by atoms with Crippen molar-refractivity contribution in [3.8, 4) is 0 Å². The minimum absolute atomic E-state index is 0.151. The molecule has 4 N–H and O–H groups in total. The molecule has 4 heteroatoms. The molecule has 0 bridgehead atoms. The lowest BCUT2D eigenvalue weighted by Gasteiger charge is -2.03. The Labute approximate surface area is 290 Å². The molecule has 0 unspecified atom stereocenters. The highest BCUT2D eigenvalue weighted by Gasteiger charge is 1.98. The number of nitrogens with two attached hydrogens (primary N) is 2. The van der Waals surface area contributed by atoms with Gasteiger partial charge in [0.1, 0.15) is 0 Å². The lowest BCUT2D eigenvalue weighted by molar-refractivity contribution is -0.119. The van der Waals surface area contributed by atoms with Crippen LogP contribution in [0.1, 0.15) is 258 Å². The second-order valence-electron chi connectivity index (χ2n) is 14.5. The molecule has 0 atom stereocenters. The van der Waals surface area contributed by atoms with Crippen molar-refractivity contribution in [2.24, 2.45) is 11.5 Å². The van der Waals surface area contributed by atoms with Crippen LogP contribution in [-0.4, -0.2) is 11.8 Å². The van der Waals surface area contributed by atoms with Crippen LogP contribution in [0.2, 0.25) is 0 Å². The van der Waals surface area contributed by atoms with Crippen molar-refractivity contribution in [2.75, 3.05) is 0 Å². The highest BCUT2D eigenvalue weighted by Crippen LogP contribution is 2.16. The van der Waals surface area contributed by atoms with E-state index in [1.165, 1.54) is 218 Å². The molecule has 0 heterocycles. The van der Waals surface area contributed by atoms with E-state index in [-0.39, 0.29) is 11.8 Å². The number of carbonyl (C=O) groups is 2. The molecule has 0 saturated carbocycles. The normalized spacial score (nSPS) is 11.0. The molecule has 4 nitrogen and oxygen atoms in total. The molecular weight excluding hydrogens is 564 g/mol. The number of carbonyl (C=O) groups excluding carboxylic acids is 2. The van der Waals surface area contributed by atoms with Gasteiger partial charge in [-0.3, -0.25) is 9.59 Å². The topological polar surface area (TPSA) is 86.2 Å². The van der Waals surface area contributed by atoms with Crippen LogP contribution in [0.5, 0.6) is 0 Å². The van der Waals surface area contributed by atoms with Crippen molar-refractivity contribution >= 4 is 11.8 Å². The number of hydrogen-bond donors (Lipinski definition) is 2. The van der Waals surface area contributed by atoms with Crippen LogP contribution in [-0.2, 0) is 9.59 Å². The molecule has 46 heavy (non-hydrogen) atoms. The van der Waals surface area contributed by atoms with E-state index in [2.05, 4.69) is 13.8 Å². The molecule has 0 aliphatic heterocycles. The maximum absolute atomic E-state index is 10.6. The standard InChI is InChI=1S/C22H45NO.C20H41NO/c1-2-3-4-5-6-7-8-9-10-11-12-13-14-15-16-17-18-19-20-21-22(23)24;1-2-3-4-5-6-7-8-9-10-11-12-13-14-15-16-17-18-19-20(21)22/h2-21H2,1H3,(H2,23,24);2-19H2,1H3,(H2,21,22). The van der Waals surface area contributed by atoms with Crippen molar-refractivity contribution in [2.45, 2.75) is 258 Å². The minimum Gasteiger partial charge on any atom is -0.370 e. The molecule has 0 aromatic rings. The molecule has 0 aliphatic carbocycles. The van der Waals surface area contributed by atoms with Crippen LogP contribution in [0, 0.1) is 0 Å². The minimum atomic E-state index is -0.152. The summed E-state index contributed by atoms with van der Waals surface area (Å²) in [4.78, 5) is 21.2. The van der Waals surface area contributed by atoms with Crippen molar-refractivity contribution in [3.05, 3.63) is 0 Å². The Morgan fingerprint density at radius 2 is 0.391 bits per heavy atom. The van der Waals surface area contributed by atoms with E-state index in [1.807, 2.05) is 0 Å². The number of primary amides is 2. The average molecular weight is 651 g/mol. The van der Waals surface area contributed by atoms with Gasteiger partial charge in [0.05, 0.1) is 0 Å². The van der Waals surface area contributed by atoms with Gasteiger partial charge in [0.2, 0.25) is 11.8 Å². The fraction of sp³-hybridized carbons (Fsp3) is 0.952. The summed E-state index contributed by atoms with van der Waals surface area (Å²) >= 11 is 0. The molecule has 276 valence electrons. The summed E-state index contributed by atoms with van der Waals surface area (Å²) in [6.45, 7) is 4.57. The van der Waals surface area contributed by atoms with Gasteiger partial charge in [0.25, 0.3) is 0 Å². The molecule has 0 aromatic carbocycles. The van der Waals surface area contributed by atoms with Crippen LogP contribution < -0.4 is 11.5 Å². The summed E-state index contributed by atoms with van der Waals surface area (Å²) in [7, 11) is 0. The van der Waals surface area contributed by atoms with Gasteiger partial charge < -0.3 is 11.5 Å². The van der Waals surface area contributed by atoms with Crippen molar-refractivity contribution < 1.29 is 9.59 Å². The predicted molar refractivity (Wildman–Crippen MR) is 205 cm³/mol. The Morgan fingerprint density at radius 1 is 0.261 bits per heavy atom. The second-order valence-corrected chi connectivity index (χ2v) is 14.5. The SMILES string of the molecule is CCCCCCCCCCCCCCCCCCCC(N)=O.CCCCCCCCCCCCCCCCCCCCCC(N)=O. The first-order valence-electron chi connectivity index (χ1n) is 21.1. The van der Waals surface area contributed by atoms with Gasteiger partial charge in [-0.15, -0.1) is 0 Å². The van der Waals surface area contributed by atoms with Crippen LogP contribution in [0.25, 0.3) is 0 Å². The zero-order valence-corrected chi connectivity index (χ0v) is 31.8. The van der Waals surface area contributed by atoms with Crippen molar-refractivity contribution in [1.29, 1.82) is 0 Å². The van der Waals surface area contributed by atoms with Crippen LogP contribution >= 0.6 is 0 Å². The first-order chi connectivity index (χ1) is 22.5. The third kappa shape index (κ3) is 49.8. The van der Waals surface area contributed by atoms with Crippen LogP contribution in [0.15, 0.2) is 0 Å². The third-order valence-electron chi connectivity index (χ3n) is 9.55. The Balaban J connectivity index is 0. The van der Waals surface area contributed by atoms with Gasteiger partial charge in [-0.2, -0.15) is 0 Å². The Hall–Kier alpha value is -1.06. The molecule has 0 saturated heterocycles. The highest BCUT2D eigenvalue weighted by molar-refractivity contribution is 5.73. The second kappa shape index (κ2) is 43.9. The Morgan fingerprint density at radius 3 is 0.522 bits per heavy atom. The Bertz CT molecular complexity index is 580. The lowest BCUT2D eigenvalue weighted by atomic mass is 10.0. The molecular formula is C42H86N2O2. The van der Waals surface area contributed by atoms with Crippen molar-refractivity contribution in [1.82, 2.24) is 0 Å². The molecule has 0 aliphatic rings. The molecule has 0 fully saturated rings. The molecule has 0 aromatic heterocycles. The van der Waals surface area contributed by atoms with Crippen molar-refractivity contribution in [3.63, 3.8) is 0 Å². The van der Waals surface area contributed by atoms with E-state index >= 15 is 0 Å². The smallest absolute Gasteiger partial charge is 0.217 e. The quantitative estimate of drug-likeness (QED) is 0.0651. The summed E-state index contributed by atoms with van der Waals surface area (Å²) in [6.07, 6.45) is 50.6. The van der Waals surface area contributed by atoms with Crippen LogP contribution in [0.4, 0.5) is 0 Å². The number of unbranched alkanes of at least 4 members (excludes halogenated alkanes) is 34. The predicted octanol–water partition coefficient (Wildman–Crippen LogP) is 13.8. The first-order valence-corrected chi connectivity index (χ1v) is 21.1. The van der Waals surface area contributed by atoms with E-state index in [1.54, 1.807) is 0 Å². The first kappa shape index (κ1) is 47.1. The summed E-state index contributed by atoms with van der Waals surface area (Å²) in [5.41, 5.74) is 10.2. The van der Waals surface area contributed by atoms with Crippen LogP contribution in [0.3, 0.4) is 0 Å². The van der Waals surface area contributed by atoms with E-state index in [0.717, 1.165) is 12.8 Å². The third-order valence-corrected chi connectivity index (χ3v) is 9.55. The average Bonchev–Trinajstić information content (AvgIpc) is 3.03. The molecule has 0 radical (unpaired) electrons. The fourth-order valence-electron chi connectivity index (χ4n) is 6.40. The number of rotatable bonds is 38. The van der Waals surface area contributed by atoms with E-state index in [9.17, 15) is 9.59 Å². The van der Waals surface area contributed by atoms with Gasteiger partial charge in [-0.25, -0.2) is 0 Å². The van der Waals surface area contributed by atoms with E-state index in [0.29, 0.717) is 12.8 Å². The maximum atomic E-state index is 10.6.